The smallest absolute Gasteiger partial charge is 0.163 e. The van der Waals surface area contributed by atoms with Gasteiger partial charge in [-0.15, -0.1) is 0 Å². The van der Waals surface area contributed by atoms with E-state index in [1.165, 1.54) is 50.5 Å². The molecule has 0 unspecified atom stereocenters. The van der Waals surface area contributed by atoms with Crippen LogP contribution in [0.3, 0.4) is 0 Å². The van der Waals surface area contributed by atoms with E-state index in [2.05, 4.69) is 35.6 Å². The van der Waals surface area contributed by atoms with Crippen LogP contribution >= 0.6 is 0 Å². The van der Waals surface area contributed by atoms with Gasteiger partial charge >= 0.3 is 0 Å². The third kappa shape index (κ3) is 6.09. The minimum atomic E-state index is -0.496. The van der Waals surface area contributed by atoms with E-state index in [4.69, 9.17) is 9.47 Å². The predicted molar refractivity (Wildman–Crippen MR) is 103 cm³/mol. The van der Waals surface area contributed by atoms with Crippen LogP contribution in [0.2, 0.25) is 0 Å². The van der Waals surface area contributed by atoms with Crippen molar-refractivity contribution in [1.29, 1.82) is 0 Å². The fourth-order valence-corrected chi connectivity index (χ4v) is 4.27. The van der Waals surface area contributed by atoms with Crippen molar-refractivity contribution in [3.63, 3.8) is 0 Å². The minimum absolute atomic E-state index is 0.148. The van der Waals surface area contributed by atoms with Gasteiger partial charge in [-0.05, 0) is 58.1 Å². The third-order valence-corrected chi connectivity index (χ3v) is 5.52. The van der Waals surface area contributed by atoms with Gasteiger partial charge in [0.1, 0.15) is 0 Å². The maximum absolute atomic E-state index is 6.18. The van der Waals surface area contributed by atoms with E-state index >= 15 is 0 Å². The van der Waals surface area contributed by atoms with Crippen molar-refractivity contribution in [1.82, 2.24) is 5.32 Å². The highest BCUT2D eigenvalue weighted by Gasteiger charge is 2.35. The summed E-state index contributed by atoms with van der Waals surface area (Å²) in [7, 11) is 0. The van der Waals surface area contributed by atoms with Gasteiger partial charge in [-0.1, -0.05) is 49.6 Å². The molecule has 140 valence electrons. The first kappa shape index (κ1) is 18.9. The maximum Gasteiger partial charge on any atom is 0.163 e. The minimum Gasteiger partial charge on any atom is -0.347 e. The Morgan fingerprint density at radius 1 is 1.00 bits per heavy atom. The number of unbranched alkanes of at least 4 members (excludes halogenated alkanes) is 1. The van der Waals surface area contributed by atoms with Gasteiger partial charge in [-0.3, -0.25) is 0 Å². The molecule has 0 spiro atoms. The highest BCUT2D eigenvalue weighted by molar-refractivity contribution is 5.18. The number of hydrogen-bond donors (Lipinski definition) is 1. The molecule has 1 heterocycles. The van der Waals surface area contributed by atoms with Gasteiger partial charge in [0.25, 0.3) is 0 Å². The van der Waals surface area contributed by atoms with E-state index in [9.17, 15) is 0 Å². The Balaban J connectivity index is 1.40. The van der Waals surface area contributed by atoms with Crippen LogP contribution in [0.25, 0.3) is 0 Å². The van der Waals surface area contributed by atoms with Crippen LogP contribution in [0, 0.1) is 0 Å². The first-order valence-corrected chi connectivity index (χ1v) is 10.3. The van der Waals surface area contributed by atoms with Crippen molar-refractivity contribution < 1.29 is 9.47 Å². The Morgan fingerprint density at radius 3 is 2.52 bits per heavy atom. The summed E-state index contributed by atoms with van der Waals surface area (Å²) in [6, 6.07) is 11.3. The number of nitrogens with one attached hydrogen (secondary N) is 1. The molecule has 2 atom stereocenters. The van der Waals surface area contributed by atoms with Crippen LogP contribution in [0.15, 0.2) is 30.3 Å². The average molecular weight is 346 g/mol. The van der Waals surface area contributed by atoms with E-state index < -0.39 is 5.79 Å². The summed E-state index contributed by atoms with van der Waals surface area (Å²) in [6.07, 6.45) is 12.0. The monoisotopic (exact) mass is 345 g/mol. The van der Waals surface area contributed by atoms with Crippen LogP contribution in [-0.4, -0.2) is 24.5 Å². The highest BCUT2D eigenvalue weighted by atomic mass is 16.7. The topological polar surface area (TPSA) is 30.5 Å². The molecule has 1 aromatic carbocycles. The maximum atomic E-state index is 6.18. The van der Waals surface area contributed by atoms with Crippen molar-refractivity contribution in [2.45, 2.75) is 95.7 Å². The summed E-state index contributed by atoms with van der Waals surface area (Å²) >= 11 is 0. The second kappa shape index (κ2) is 9.16. The molecule has 0 radical (unpaired) electrons. The normalized spacial score (nSPS) is 27.3. The zero-order valence-electron chi connectivity index (χ0n) is 16.0. The predicted octanol–water partition coefficient (Wildman–Crippen LogP) is 5.36. The van der Waals surface area contributed by atoms with Crippen molar-refractivity contribution in [3.8, 4) is 0 Å². The summed E-state index contributed by atoms with van der Waals surface area (Å²) in [4.78, 5) is 0. The van der Waals surface area contributed by atoms with Crippen LogP contribution in [0.1, 0.15) is 83.3 Å². The number of hydrogen-bond acceptors (Lipinski definition) is 3. The molecule has 1 N–H and O–H groups in total. The Bertz CT molecular complexity index is 496. The number of rotatable bonds is 7. The SMILES string of the molecule is CC1(C)O[C@H](CCCCNC2CCCCC2)C[C@@H](c2ccccc2)O1. The van der Waals surface area contributed by atoms with Gasteiger partial charge in [-0.2, -0.15) is 0 Å². The summed E-state index contributed by atoms with van der Waals surface area (Å²) in [5, 5.41) is 3.74. The van der Waals surface area contributed by atoms with E-state index in [1.54, 1.807) is 0 Å². The quantitative estimate of drug-likeness (QED) is 0.675. The van der Waals surface area contributed by atoms with Crippen LogP contribution < -0.4 is 5.32 Å². The fourth-order valence-electron chi connectivity index (χ4n) is 4.27. The Labute approximate surface area is 153 Å². The Morgan fingerprint density at radius 2 is 1.76 bits per heavy atom. The summed E-state index contributed by atoms with van der Waals surface area (Å²) in [5.74, 6) is -0.496. The molecule has 3 rings (SSSR count). The Kier molecular flexibility index (Phi) is 6.92. The molecule has 0 amide bonds. The summed E-state index contributed by atoms with van der Waals surface area (Å²) < 4.78 is 12.3. The van der Waals surface area contributed by atoms with Crippen LogP contribution in [0.5, 0.6) is 0 Å². The van der Waals surface area contributed by atoms with Crippen LogP contribution in [0.4, 0.5) is 0 Å². The van der Waals surface area contributed by atoms with Crippen molar-refractivity contribution in [2.75, 3.05) is 6.54 Å². The lowest BCUT2D eigenvalue weighted by molar-refractivity contribution is -0.303. The van der Waals surface area contributed by atoms with Gasteiger partial charge in [0, 0.05) is 12.5 Å². The molecule has 1 aliphatic carbocycles. The lowest BCUT2D eigenvalue weighted by Gasteiger charge is -2.41. The lowest BCUT2D eigenvalue weighted by Crippen LogP contribution is -2.41. The first-order valence-electron chi connectivity index (χ1n) is 10.3. The molecule has 1 aliphatic heterocycles. The largest absolute Gasteiger partial charge is 0.347 e. The van der Waals surface area contributed by atoms with E-state index in [1.807, 2.05) is 13.8 Å². The van der Waals surface area contributed by atoms with Gasteiger partial charge in [-0.25, -0.2) is 0 Å². The van der Waals surface area contributed by atoms with Gasteiger partial charge in [0.2, 0.25) is 0 Å². The Hall–Kier alpha value is -0.900. The van der Waals surface area contributed by atoms with E-state index in [0.29, 0.717) is 6.10 Å². The molecule has 1 aromatic rings. The summed E-state index contributed by atoms with van der Waals surface area (Å²) in [5.41, 5.74) is 1.27. The van der Waals surface area contributed by atoms with E-state index in [0.717, 1.165) is 25.4 Å². The number of ether oxygens (including phenoxy) is 2. The standard InChI is InChI=1S/C22H35NO2/c1-22(2)24-20(17-21(25-22)18-11-5-3-6-12-18)15-9-10-16-23-19-13-7-4-8-14-19/h3,5-6,11-12,19-21,23H,4,7-10,13-17H2,1-2H3/t20-,21+/m1/s1. The first-order chi connectivity index (χ1) is 12.1. The molecule has 25 heavy (non-hydrogen) atoms. The average Bonchev–Trinajstić information content (AvgIpc) is 2.62. The summed E-state index contributed by atoms with van der Waals surface area (Å²) in [6.45, 7) is 5.23. The zero-order chi connectivity index (χ0) is 17.5. The van der Waals surface area contributed by atoms with Crippen molar-refractivity contribution >= 4 is 0 Å². The van der Waals surface area contributed by atoms with E-state index in [-0.39, 0.29) is 6.10 Å². The van der Waals surface area contributed by atoms with Crippen molar-refractivity contribution in [3.05, 3.63) is 35.9 Å². The molecule has 3 heteroatoms. The molecule has 3 nitrogen and oxygen atoms in total. The molecule has 0 aromatic heterocycles. The molecule has 1 saturated carbocycles. The second-order valence-corrected chi connectivity index (χ2v) is 8.18. The number of benzene rings is 1. The molecule has 1 saturated heterocycles. The molecule has 2 fully saturated rings. The van der Waals surface area contributed by atoms with Crippen molar-refractivity contribution in [2.24, 2.45) is 0 Å². The molecular weight excluding hydrogens is 310 g/mol. The van der Waals surface area contributed by atoms with Gasteiger partial charge < -0.3 is 14.8 Å². The third-order valence-electron chi connectivity index (χ3n) is 5.52. The molecule has 0 bridgehead atoms. The van der Waals surface area contributed by atoms with Crippen LogP contribution in [-0.2, 0) is 9.47 Å². The highest BCUT2D eigenvalue weighted by Crippen LogP contribution is 2.37. The zero-order valence-corrected chi connectivity index (χ0v) is 16.0. The second-order valence-electron chi connectivity index (χ2n) is 8.18. The molecule has 2 aliphatic rings. The van der Waals surface area contributed by atoms with Gasteiger partial charge in [0.15, 0.2) is 5.79 Å². The fraction of sp³-hybridized carbons (Fsp3) is 0.727. The molecular formula is C22H35NO2. The van der Waals surface area contributed by atoms with Gasteiger partial charge in [0.05, 0.1) is 12.2 Å². The lowest BCUT2D eigenvalue weighted by atomic mass is 9.95.